The van der Waals surface area contributed by atoms with Crippen molar-refractivity contribution in [2.24, 2.45) is 5.41 Å². The highest BCUT2D eigenvalue weighted by molar-refractivity contribution is 7.89. The van der Waals surface area contributed by atoms with Crippen LogP contribution in [-0.2, 0) is 10.0 Å². The summed E-state index contributed by atoms with van der Waals surface area (Å²) in [5.41, 5.74) is 6.02. The third-order valence-corrected chi connectivity index (χ3v) is 6.01. The zero-order chi connectivity index (χ0) is 15.7. The Balaban J connectivity index is 2.08. The molecule has 1 aromatic rings. The highest BCUT2D eigenvalue weighted by Crippen LogP contribution is 2.30. The van der Waals surface area contributed by atoms with Crippen LogP contribution in [0.2, 0.25) is 5.02 Å². The van der Waals surface area contributed by atoms with E-state index in [0.29, 0.717) is 12.2 Å². The molecule has 1 aromatic carbocycles. The van der Waals surface area contributed by atoms with E-state index in [2.05, 4.69) is 23.6 Å². The number of nitrogens with two attached hydrogens (primary N) is 1. The summed E-state index contributed by atoms with van der Waals surface area (Å²) in [6.07, 6.45) is 1.95. The second-order valence-corrected chi connectivity index (χ2v) is 8.27. The first-order valence-electron chi connectivity index (χ1n) is 6.95. The zero-order valence-corrected chi connectivity index (χ0v) is 14.0. The first-order valence-corrected chi connectivity index (χ1v) is 8.81. The quantitative estimate of drug-likeness (QED) is 0.827. The standard InChI is InChI=1S/C14H22ClN3O2S/c1-14(5-7-18(2)8-6-14)10-17-21(19,20)13-4-3-11(16)9-12(13)15/h3-4,9,17H,5-8,10,16H2,1-2H3. The Hall–Kier alpha value is -0.820. The van der Waals surface area contributed by atoms with Crippen molar-refractivity contribution in [1.82, 2.24) is 9.62 Å². The molecule has 7 heteroatoms. The number of likely N-dealkylation sites (tertiary alicyclic amines) is 1. The maximum Gasteiger partial charge on any atom is 0.242 e. The van der Waals surface area contributed by atoms with E-state index in [0.717, 1.165) is 25.9 Å². The molecule has 0 bridgehead atoms. The molecule has 1 fully saturated rings. The first-order chi connectivity index (χ1) is 9.72. The summed E-state index contributed by atoms with van der Waals surface area (Å²) in [5.74, 6) is 0. The van der Waals surface area contributed by atoms with E-state index in [4.69, 9.17) is 17.3 Å². The van der Waals surface area contributed by atoms with Crippen LogP contribution < -0.4 is 10.5 Å². The van der Waals surface area contributed by atoms with Crippen LogP contribution in [0.4, 0.5) is 5.69 Å². The van der Waals surface area contributed by atoms with Crippen LogP contribution in [0.3, 0.4) is 0 Å². The smallest absolute Gasteiger partial charge is 0.242 e. The van der Waals surface area contributed by atoms with Crippen LogP contribution in [0, 0.1) is 5.41 Å². The van der Waals surface area contributed by atoms with Gasteiger partial charge in [0.05, 0.1) is 5.02 Å². The normalized spacial score (nSPS) is 19.6. The predicted molar refractivity (Wildman–Crippen MR) is 85.9 cm³/mol. The summed E-state index contributed by atoms with van der Waals surface area (Å²) in [7, 11) is -1.53. The monoisotopic (exact) mass is 331 g/mol. The van der Waals surface area contributed by atoms with E-state index in [1.807, 2.05) is 0 Å². The number of rotatable bonds is 4. The predicted octanol–water partition coefficient (Wildman–Crippen LogP) is 1.93. The fourth-order valence-corrected chi connectivity index (χ4v) is 4.17. The Morgan fingerprint density at radius 2 is 2.00 bits per heavy atom. The number of nitrogen functional groups attached to an aromatic ring is 1. The number of anilines is 1. The van der Waals surface area contributed by atoms with Crippen LogP contribution in [0.5, 0.6) is 0 Å². The minimum absolute atomic E-state index is 0.0140. The molecule has 0 unspecified atom stereocenters. The van der Waals surface area contributed by atoms with Gasteiger partial charge in [0.15, 0.2) is 0 Å². The summed E-state index contributed by atoms with van der Waals surface area (Å²) in [5, 5.41) is 0.149. The maximum atomic E-state index is 12.4. The molecule has 118 valence electrons. The molecule has 0 saturated carbocycles. The number of hydrogen-bond acceptors (Lipinski definition) is 4. The summed E-state index contributed by atoms with van der Waals surface area (Å²) < 4.78 is 27.4. The van der Waals surface area contributed by atoms with E-state index < -0.39 is 10.0 Å². The lowest BCUT2D eigenvalue weighted by Crippen LogP contribution is -2.43. The van der Waals surface area contributed by atoms with Gasteiger partial charge in [-0.15, -0.1) is 0 Å². The lowest BCUT2D eigenvalue weighted by atomic mass is 9.81. The number of halogens is 1. The van der Waals surface area contributed by atoms with Crippen molar-refractivity contribution in [3.63, 3.8) is 0 Å². The van der Waals surface area contributed by atoms with Gasteiger partial charge in [0.2, 0.25) is 10.0 Å². The van der Waals surface area contributed by atoms with E-state index in [1.165, 1.54) is 18.2 Å². The van der Waals surface area contributed by atoms with Gasteiger partial charge in [-0.25, -0.2) is 13.1 Å². The summed E-state index contributed by atoms with van der Waals surface area (Å²) in [4.78, 5) is 2.34. The summed E-state index contributed by atoms with van der Waals surface area (Å²) in [6, 6.07) is 4.43. The van der Waals surface area contributed by atoms with Gasteiger partial charge >= 0.3 is 0 Å². The fourth-order valence-electron chi connectivity index (χ4n) is 2.42. The molecule has 1 aliphatic rings. The molecule has 3 N–H and O–H groups in total. The SMILES string of the molecule is CN1CCC(C)(CNS(=O)(=O)c2ccc(N)cc2Cl)CC1. The molecule has 21 heavy (non-hydrogen) atoms. The van der Waals surface area contributed by atoms with Gasteiger partial charge in [0.1, 0.15) is 4.90 Å². The van der Waals surface area contributed by atoms with Crippen molar-refractivity contribution in [1.29, 1.82) is 0 Å². The third-order valence-electron chi connectivity index (χ3n) is 4.13. The van der Waals surface area contributed by atoms with Gasteiger partial charge in [-0.3, -0.25) is 0 Å². The zero-order valence-electron chi connectivity index (χ0n) is 12.4. The van der Waals surface area contributed by atoms with Gasteiger partial charge in [0.25, 0.3) is 0 Å². The van der Waals surface area contributed by atoms with Gasteiger partial charge < -0.3 is 10.6 Å². The van der Waals surface area contributed by atoms with Crippen molar-refractivity contribution in [2.45, 2.75) is 24.7 Å². The number of piperidine rings is 1. The highest BCUT2D eigenvalue weighted by Gasteiger charge is 2.30. The minimum atomic E-state index is -3.61. The molecule has 0 amide bonds. The molecule has 5 nitrogen and oxygen atoms in total. The molecule has 1 saturated heterocycles. The summed E-state index contributed by atoms with van der Waals surface area (Å²) in [6.45, 7) is 4.51. The Morgan fingerprint density at radius 1 is 1.38 bits per heavy atom. The molecule has 0 aromatic heterocycles. The van der Waals surface area contributed by atoms with Gasteiger partial charge in [-0.05, 0) is 56.6 Å². The van der Waals surface area contributed by atoms with Gasteiger partial charge in [-0.2, -0.15) is 0 Å². The molecule has 0 spiro atoms. The molecule has 1 heterocycles. The average molecular weight is 332 g/mol. The van der Waals surface area contributed by atoms with Crippen molar-refractivity contribution >= 4 is 27.3 Å². The first kappa shape index (κ1) is 16.5. The molecule has 0 aliphatic carbocycles. The van der Waals surface area contributed by atoms with Crippen LogP contribution >= 0.6 is 11.6 Å². The van der Waals surface area contributed by atoms with Gasteiger partial charge in [0, 0.05) is 12.2 Å². The molecule has 2 rings (SSSR count). The van der Waals surface area contributed by atoms with E-state index >= 15 is 0 Å². The van der Waals surface area contributed by atoms with Crippen molar-refractivity contribution < 1.29 is 8.42 Å². The molecule has 0 atom stereocenters. The topological polar surface area (TPSA) is 75.4 Å². The maximum absolute atomic E-state index is 12.4. The van der Waals surface area contributed by atoms with Crippen LogP contribution in [0.1, 0.15) is 19.8 Å². The Morgan fingerprint density at radius 3 is 2.57 bits per heavy atom. The van der Waals surface area contributed by atoms with E-state index in [-0.39, 0.29) is 15.3 Å². The van der Waals surface area contributed by atoms with Crippen molar-refractivity contribution in [3.05, 3.63) is 23.2 Å². The van der Waals surface area contributed by atoms with Crippen LogP contribution in [0.15, 0.2) is 23.1 Å². The fraction of sp³-hybridized carbons (Fsp3) is 0.571. The lowest BCUT2D eigenvalue weighted by molar-refractivity contribution is 0.143. The third kappa shape index (κ3) is 4.10. The molecule has 0 radical (unpaired) electrons. The lowest BCUT2D eigenvalue weighted by Gasteiger charge is -2.37. The van der Waals surface area contributed by atoms with Crippen molar-refractivity contribution in [3.8, 4) is 0 Å². The average Bonchev–Trinajstić information content (AvgIpc) is 2.40. The highest BCUT2D eigenvalue weighted by atomic mass is 35.5. The molecular formula is C14H22ClN3O2S. The number of benzene rings is 1. The number of nitrogens with one attached hydrogen (secondary N) is 1. The largest absolute Gasteiger partial charge is 0.399 e. The molecular weight excluding hydrogens is 310 g/mol. The number of hydrogen-bond donors (Lipinski definition) is 2. The van der Waals surface area contributed by atoms with E-state index in [9.17, 15) is 8.42 Å². The van der Waals surface area contributed by atoms with Crippen LogP contribution in [0.25, 0.3) is 0 Å². The van der Waals surface area contributed by atoms with Crippen LogP contribution in [-0.4, -0.2) is 40.0 Å². The summed E-state index contributed by atoms with van der Waals surface area (Å²) >= 11 is 5.98. The Bertz CT molecular complexity index is 611. The Labute approximate surface area is 131 Å². The second kappa shape index (κ2) is 6.12. The number of sulfonamides is 1. The number of nitrogens with zero attached hydrogens (tertiary/aromatic N) is 1. The molecule has 1 aliphatic heterocycles. The Kier molecular flexibility index (Phi) is 4.82. The van der Waals surface area contributed by atoms with Gasteiger partial charge in [-0.1, -0.05) is 18.5 Å². The minimum Gasteiger partial charge on any atom is -0.399 e. The van der Waals surface area contributed by atoms with Crippen molar-refractivity contribution in [2.75, 3.05) is 32.4 Å². The second-order valence-electron chi connectivity index (χ2n) is 6.13. The van der Waals surface area contributed by atoms with E-state index in [1.54, 1.807) is 0 Å².